The van der Waals surface area contributed by atoms with E-state index in [9.17, 15) is 13.2 Å². The second-order valence-corrected chi connectivity index (χ2v) is 8.19. The molecule has 0 amide bonds. The first kappa shape index (κ1) is 16.9. The minimum atomic E-state index is -3.74. The van der Waals surface area contributed by atoms with Crippen molar-refractivity contribution in [2.75, 3.05) is 0 Å². The van der Waals surface area contributed by atoms with Crippen molar-refractivity contribution in [3.63, 3.8) is 0 Å². The molecule has 2 aromatic rings. The number of aromatic amines is 1. The number of halogens is 1. The molecule has 0 unspecified atom stereocenters. The Bertz CT molecular complexity index is 964. The summed E-state index contributed by atoms with van der Waals surface area (Å²) in [6.45, 7) is 0. The number of aromatic nitrogens is 1. The zero-order chi connectivity index (χ0) is 17.3. The zero-order valence-electron chi connectivity index (χ0n) is 12.9. The predicted octanol–water partition coefficient (Wildman–Crippen LogP) is 2.88. The summed E-state index contributed by atoms with van der Waals surface area (Å²) in [6.07, 6.45) is 3.97. The van der Waals surface area contributed by atoms with Gasteiger partial charge in [0.05, 0.1) is 11.3 Å². The number of fused-ring (bicyclic) bond motifs is 1. The van der Waals surface area contributed by atoms with Crippen molar-refractivity contribution < 1.29 is 8.42 Å². The molecular formula is C17H17ClN2O3S. The Balaban J connectivity index is 2.15. The number of nitrogens with one attached hydrogen (secondary N) is 2. The highest BCUT2D eigenvalue weighted by atomic mass is 35.5. The standard InChI is InChI=1S/C17H17ClN2O3S/c18-15-8-4-1-5-11(15)10-24(22,23)17-13-7-3-2-6-12(13)14(9-19)16(21)20-17/h1,4-5,8-9,19H,2-3,6-7,10H2,(H,20,21). The van der Waals surface area contributed by atoms with Crippen molar-refractivity contribution in [2.24, 2.45) is 0 Å². The van der Waals surface area contributed by atoms with E-state index in [2.05, 4.69) is 4.98 Å². The molecule has 0 saturated heterocycles. The molecule has 0 aliphatic heterocycles. The number of hydrogen-bond acceptors (Lipinski definition) is 4. The summed E-state index contributed by atoms with van der Waals surface area (Å²) in [6, 6.07) is 6.77. The lowest BCUT2D eigenvalue weighted by Gasteiger charge is -2.20. The molecule has 1 aliphatic carbocycles. The van der Waals surface area contributed by atoms with Crippen LogP contribution < -0.4 is 5.56 Å². The van der Waals surface area contributed by atoms with E-state index in [0.717, 1.165) is 19.1 Å². The number of rotatable bonds is 4. The second kappa shape index (κ2) is 6.53. The summed E-state index contributed by atoms with van der Waals surface area (Å²) in [7, 11) is -3.74. The SMILES string of the molecule is N=Cc1c2c(c(S(=O)(=O)Cc3ccccc3Cl)[nH]c1=O)CCCC2. The van der Waals surface area contributed by atoms with E-state index in [1.54, 1.807) is 24.3 Å². The van der Waals surface area contributed by atoms with Crippen molar-refractivity contribution in [3.8, 4) is 0 Å². The molecule has 1 aromatic heterocycles. The summed E-state index contributed by atoms with van der Waals surface area (Å²) < 4.78 is 25.8. The number of hydrogen-bond donors (Lipinski definition) is 2. The fourth-order valence-corrected chi connectivity index (χ4v) is 5.08. The van der Waals surface area contributed by atoms with Crippen LogP contribution >= 0.6 is 11.6 Å². The molecule has 1 aromatic carbocycles. The van der Waals surface area contributed by atoms with E-state index in [0.29, 0.717) is 34.6 Å². The molecule has 0 radical (unpaired) electrons. The lowest BCUT2D eigenvalue weighted by Crippen LogP contribution is -2.25. The van der Waals surface area contributed by atoms with Crippen molar-refractivity contribution in [3.05, 3.63) is 61.9 Å². The third-order valence-corrected chi connectivity index (χ3v) is 6.33. The van der Waals surface area contributed by atoms with Gasteiger partial charge in [-0.05, 0) is 48.4 Å². The third-order valence-electron chi connectivity index (χ3n) is 4.30. The van der Waals surface area contributed by atoms with Gasteiger partial charge in [-0.3, -0.25) is 4.79 Å². The van der Waals surface area contributed by atoms with E-state index in [4.69, 9.17) is 17.0 Å². The first-order valence-corrected chi connectivity index (χ1v) is 9.71. The quantitative estimate of drug-likeness (QED) is 0.817. The Kier molecular flexibility index (Phi) is 4.60. The molecule has 0 atom stereocenters. The average Bonchev–Trinajstić information content (AvgIpc) is 2.56. The van der Waals surface area contributed by atoms with Gasteiger partial charge >= 0.3 is 0 Å². The molecule has 1 aliphatic rings. The Hall–Kier alpha value is -1.92. The van der Waals surface area contributed by atoms with Gasteiger partial charge in [0.25, 0.3) is 5.56 Å². The van der Waals surface area contributed by atoms with Crippen LogP contribution in [-0.2, 0) is 28.4 Å². The van der Waals surface area contributed by atoms with Gasteiger partial charge in [0.1, 0.15) is 5.03 Å². The van der Waals surface area contributed by atoms with Crippen LogP contribution in [0.2, 0.25) is 5.02 Å². The Morgan fingerprint density at radius 3 is 2.50 bits per heavy atom. The molecule has 0 saturated carbocycles. The first-order chi connectivity index (χ1) is 11.4. The zero-order valence-corrected chi connectivity index (χ0v) is 14.5. The lowest BCUT2D eigenvalue weighted by atomic mass is 9.90. The molecular weight excluding hydrogens is 348 g/mol. The van der Waals surface area contributed by atoms with Crippen molar-refractivity contribution in [1.82, 2.24) is 4.98 Å². The van der Waals surface area contributed by atoms with Crippen molar-refractivity contribution in [1.29, 1.82) is 5.41 Å². The van der Waals surface area contributed by atoms with Crippen LogP contribution in [0.1, 0.15) is 35.1 Å². The molecule has 126 valence electrons. The topological polar surface area (TPSA) is 90.8 Å². The normalized spacial score (nSPS) is 14.2. The first-order valence-electron chi connectivity index (χ1n) is 7.68. The molecule has 0 spiro atoms. The van der Waals surface area contributed by atoms with Crippen LogP contribution in [0.5, 0.6) is 0 Å². The van der Waals surface area contributed by atoms with Crippen LogP contribution in [0.3, 0.4) is 0 Å². The fourth-order valence-electron chi connectivity index (χ4n) is 3.15. The van der Waals surface area contributed by atoms with Crippen LogP contribution in [0.4, 0.5) is 0 Å². The minimum absolute atomic E-state index is 0.0206. The van der Waals surface area contributed by atoms with Crippen molar-refractivity contribution >= 4 is 27.7 Å². The maximum absolute atomic E-state index is 12.9. The highest BCUT2D eigenvalue weighted by Gasteiger charge is 2.27. The highest BCUT2D eigenvalue weighted by Crippen LogP contribution is 2.29. The third kappa shape index (κ3) is 3.03. The number of benzene rings is 1. The largest absolute Gasteiger partial charge is 0.312 e. The molecule has 7 heteroatoms. The molecule has 5 nitrogen and oxygen atoms in total. The van der Waals surface area contributed by atoms with E-state index >= 15 is 0 Å². The highest BCUT2D eigenvalue weighted by molar-refractivity contribution is 7.90. The summed E-state index contributed by atoms with van der Waals surface area (Å²) in [5.41, 5.74) is 1.58. The van der Waals surface area contributed by atoms with E-state index in [1.807, 2.05) is 0 Å². The summed E-state index contributed by atoms with van der Waals surface area (Å²) >= 11 is 6.07. The van der Waals surface area contributed by atoms with Gasteiger partial charge in [-0.25, -0.2) is 8.42 Å². The minimum Gasteiger partial charge on any atom is -0.312 e. The summed E-state index contributed by atoms with van der Waals surface area (Å²) in [4.78, 5) is 14.7. The van der Waals surface area contributed by atoms with Gasteiger partial charge < -0.3 is 10.4 Å². The van der Waals surface area contributed by atoms with Crippen LogP contribution in [0.25, 0.3) is 0 Å². The number of sulfone groups is 1. The van der Waals surface area contributed by atoms with Crippen LogP contribution in [-0.4, -0.2) is 19.6 Å². The van der Waals surface area contributed by atoms with E-state index < -0.39 is 15.4 Å². The molecule has 1 heterocycles. The molecule has 2 N–H and O–H groups in total. The van der Waals surface area contributed by atoms with Crippen LogP contribution in [0, 0.1) is 5.41 Å². The molecule has 3 rings (SSSR count). The average molecular weight is 365 g/mol. The second-order valence-electron chi connectivity index (χ2n) is 5.86. The molecule has 24 heavy (non-hydrogen) atoms. The summed E-state index contributed by atoms with van der Waals surface area (Å²) in [5.74, 6) is -0.265. The monoisotopic (exact) mass is 364 g/mol. The Morgan fingerprint density at radius 1 is 1.17 bits per heavy atom. The number of pyridine rings is 1. The smallest absolute Gasteiger partial charge is 0.258 e. The van der Waals surface area contributed by atoms with E-state index in [1.165, 1.54) is 0 Å². The Morgan fingerprint density at radius 2 is 1.83 bits per heavy atom. The fraction of sp³-hybridized carbons (Fsp3) is 0.294. The lowest BCUT2D eigenvalue weighted by molar-refractivity contribution is 0.583. The van der Waals surface area contributed by atoms with Gasteiger partial charge in [-0.15, -0.1) is 0 Å². The van der Waals surface area contributed by atoms with Gasteiger partial charge in [0.2, 0.25) is 0 Å². The van der Waals surface area contributed by atoms with Crippen LogP contribution in [0.15, 0.2) is 34.1 Å². The molecule has 0 bridgehead atoms. The maximum Gasteiger partial charge on any atom is 0.258 e. The predicted molar refractivity (Wildman–Crippen MR) is 93.9 cm³/mol. The van der Waals surface area contributed by atoms with Gasteiger partial charge in [0, 0.05) is 11.2 Å². The summed E-state index contributed by atoms with van der Waals surface area (Å²) in [5, 5.41) is 7.81. The Labute approximate surface area is 145 Å². The van der Waals surface area contributed by atoms with Gasteiger partial charge in [-0.1, -0.05) is 29.8 Å². The number of H-pyrrole nitrogens is 1. The maximum atomic E-state index is 12.9. The molecule has 0 fully saturated rings. The van der Waals surface area contributed by atoms with Crippen molar-refractivity contribution in [2.45, 2.75) is 36.5 Å². The van der Waals surface area contributed by atoms with E-state index in [-0.39, 0.29) is 16.3 Å². The van der Waals surface area contributed by atoms with Gasteiger partial charge in [-0.2, -0.15) is 0 Å². The van der Waals surface area contributed by atoms with Gasteiger partial charge in [0.15, 0.2) is 9.84 Å².